The molecule has 0 N–H and O–H groups in total. The number of carbonyl (C=O) groups excluding carboxylic acids is 3. The molecule has 6 heteroatoms. The Labute approximate surface area is 419 Å². The first-order chi connectivity index (χ1) is 33.5. The Morgan fingerprint density at radius 3 is 1.04 bits per heavy atom. The van der Waals surface area contributed by atoms with E-state index in [1.165, 1.54) is 77.0 Å². The maximum atomic E-state index is 12.8. The smallest absolute Gasteiger partial charge is 0.306 e. The maximum absolute atomic E-state index is 12.8. The summed E-state index contributed by atoms with van der Waals surface area (Å²) in [4.78, 5) is 38.1. The van der Waals surface area contributed by atoms with Crippen LogP contribution in [0, 0.1) is 0 Å². The average molecular weight is 943 g/mol. The highest BCUT2D eigenvalue weighted by molar-refractivity contribution is 5.71. The summed E-state index contributed by atoms with van der Waals surface area (Å²) >= 11 is 0. The van der Waals surface area contributed by atoms with E-state index >= 15 is 0 Å². The number of esters is 3. The second-order valence-corrected chi connectivity index (χ2v) is 18.2. The highest BCUT2D eigenvalue weighted by Gasteiger charge is 2.19. The van der Waals surface area contributed by atoms with Crippen LogP contribution in [0.1, 0.15) is 245 Å². The summed E-state index contributed by atoms with van der Waals surface area (Å²) < 4.78 is 16.8. The Morgan fingerprint density at radius 2 is 0.632 bits per heavy atom. The van der Waals surface area contributed by atoms with E-state index in [0.29, 0.717) is 19.3 Å². The molecule has 0 rings (SSSR count). The highest BCUT2D eigenvalue weighted by atomic mass is 16.6. The molecule has 386 valence electrons. The van der Waals surface area contributed by atoms with Gasteiger partial charge in [0.25, 0.3) is 0 Å². The molecule has 0 aliphatic heterocycles. The van der Waals surface area contributed by atoms with Gasteiger partial charge in [0.05, 0.1) is 0 Å². The molecular weight excluding hydrogens is 841 g/mol. The molecule has 0 radical (unpaired) electrons. The third-order valence-corrected chi connectivity index (χ3v) is 11.6. The van der Waals surface area contributed by atoms with Crippen molar-refractivity contribution in [2.24, 2.45) is 0 Å². The van der Waals surface area contributed by atoms with Gasteiger partial charge >= 0.3 is 17.9 Å². The Hall–Kier alpha value is -3.93. The van der Waals surface area contributed by atoms with Crippen LogP contribution in [0.2, 0.25) is 0 Å². The fourth-order valence-corrected chi connectivity index (χ4v) is 7.37. The zero-order chi connectivity index (χ0) is 49.3. The van der Waals surface area contributed by atoms with Gasteiger partial charge in [-0.15, -0.1) is 0 Å². The summed E-state index contributed by atoms with van der Waals surface area (Å²) in [6, 6.07) is 0. The van der Waals surface area contributed by atoms with Crippen molar-refractivity contribution in [1.29, 1.82) is 0 Å². The zero-order valence-electron chi connectivity index (χ0n) is 44.1. The minimum atomic E-state index is -0.817. The Bertz CT molecular complexity index is 1410. The van der Waals surface area contributed by atoms with Crippen molar-refractivity contribution in [3.63, 3.8) is 0 Å². The lowest BCUT2D eigenvalue weighted by Gasteiger charge is -2.18. The van der Waals surface area contributed by atoms with Gasteiger partial charge in [0.15, 0.2) is 6.10 Å². The van der Waals surface area contributed by atoms with Gasteiger partial charge in [-0.3, -0.25) is 14.4 Å². The minimum Gasteiger partial charge on any atom is -0.462 e. The number of hydrogen-bond donors (Lipinski definition) is 0. The molecule has 0 saturated carbocycles. The van der Waals surface area contributed by atoms with Crippen LogP contribution >= 0.6 is 0 Å². The third kappa shape index (κ3) is 53.0. The van der Waals surface area contributed by atoms with Crippen LogP contribution < -0.4 is 0 Å². The van der Waals surface area contributed by atoms with Gasteiger partial charge in [0.2, 0.25) is 0 Å². The van der Waals surface area contributed by atoms with Crippen molar-refractivity contribution in [3.05, 3.63) is 109 Å². The average Bonchev–Trinajstić information content (AvgIpc) is 3.34. The van der Waals surface area contributed by atoms with E-state index in [-0.39, 0.29) is 37.5 Å². The Balaban J connectivity index is 4.54. The quantitative estimate of drug-likeness (QED) is 0.0199. The van der Waals surface area contributed by atoms with E-state index in [0.717, 1.165) is 122 Å². The first-order valence-electron chi connectivity index (χ1n) is 27.9. The molecule has 1 atom stereocenters. The van der Waals surface area contributed by atoms with Gasteiger partial charge in [-0.1, -0.05) is 226 Å². The molecule has 0 aromatic rings. The fourth-order valence-electron chi connectivity index (χ4n) is 7.37. The Morgan fingerprint density at radius 1 is 0.324 bits per heavy atom. The standard InChI is InChI=1S/C62H102O6/c1-4-7-10-13-16-19-22-25-28-31-32-35-37-40-43-46-49-52-55-61(64)67-58-59(68-62(65)56-53-50-47-44-41-38-34-30-27-24-21-18-15-12-9-6-3)57-66-60(63)54-51-48-45-42-39-36-33-29-26-23-20-17-14-11-8-5-2/h9,12,18,21-22,25,27-33,35-36,38-39,41,59H,4-8,10-11,13-17,19-20,23-24,26,34,37,40,42-58H2,1-3H3/b12-9-,21-18-,25-22-,30-27-,31-28-,33-29-,35-32-,39-36-,41-38-. The molecule has 0 bridgehead atoms. The van der Waals surface area contributed by atoms with Gasteiger partial charge in [-0.25, -0.2) is 0 Å². The van der Waals surface area contributed by atoms with Crippen LogP contribution in [0.25, 0.3) is 0 Å². The summed E-state index contributed by atoms with van der Waals surface area (Å²) in [5.41, 5.74) is 0. The van der Waals surface area contributed by atoms with E-state index in [1.54, 1.807) is 0 Å². The van der Waals surface area contributed by atoms with Crippen LogP contribution in [0.15, 0.2) is 109 Å². The second kappa shape index (κ2) is 55.7. The second-order valence-electron chi connectivity index (χ2n) is 18.2. The first kappa shape index (κ1) is 64.1. The number of unbranched alkanes of at least 4 members (excludes halogenated alkanes) is 23. The lowest BCUT2D eigenvalue weighted by molar-refractivity contribution is -0.167. The lowest BCUT2D eigenvalue weighted by atomic mass is 10.1. The summed E-state index contributed by atoms with van der Waals surface area (Å²) in [6.07, 6.45) is 75.0. The van der Waals surface area contributed by atoms with Gasteiger partial charge in [-0.2, -0.15) is 0 Å². The monoisotopic (exact) mass is 943 g/mol. The van der Waals surface area contributed by atoms with Gasteiger partial charge in [0.1, 0.15) is 13.2 Å². The van der Waals surface area contributed by atoms with E-state index in [1.807, 2.05) is 0 Å². The molecule has 0 heterocycles. The van der Waals surface area contributed by atoms with Gasteiger partial charge in [0, 0.05) is 19.3 Å². The predicted molar refractivity (Wildman–Crippen MR) is 293 cm³/mol. The fraction of sp³-hybridized carbons (Fsp3) is 0.661. The predicted octanol–water partition coefficient (Wildman–Crippen LogP) is 18.7. The zero-order valence-corrected chi connectivity index (χ0v) is 44.1. The first-order valence-corrected chi connectivity index (χ1v) is 27.9. The summed E-state index contributed by atoms with van der Waals surface area (Å²) in [7, 11) is 0. The van der Waals surface area contributed by atoms with Crippen molar-refractivity contribution in [2.75, 3.05) is 13.2 Å². The normalized spacial score (nSPS) is 12.9. The Kier molecular flexibility index (Phi) is 52.4. The summed E-state index contributed by atoms with van der Waals surface area (Å²) in [5, 5.41) is 0. The number of allylic oxidation sites excluding steroid dienone is 18. The lowest BCUT2D eigenvalue weighted by Crippen LogP contribution is -2.30. The maximum Gasteiger partial charge on any atom is 0.306 e. The molecule has 0 aliphatic rings. The number of carbonyl (C=O) groups is 3. The molecule has 68 heavy (non-hydrogen) atoms. The van der Waals surface area contributed by atoms with Crippen molar-refractivity contribution in [1.82, 2.24) is 0 Å². The molecule has 0 spiro atoms. The topological polar surface area (TPSA) is 78.9 Å². The number of ether oxygens (including phenoxy) is 3. The molecule has 0 aromatic heterocycles. The van der Waals surface area contributed by atoms with Crippen LogP contribution in [-0.2, 0) is 28.6 Å². The molecular formula is C62H102O6. The number of hydrogen-bond acceptors (Lipinski definition) is 6. The number of rotatable bonds is 49. The van der Waals surface area contributed by atoms with Crippen molar-refractivity contribution in [3.8, 4) is 0 Å². The van der Waals surface area contributed by atoms with Crippen molar-refractivity contribution >= 4 is 17.9 Å². The van der Waals surface area contributed by atoms with E-state index < -0.39 is 6.10 Å². The van der Waals surface area contributed by atoms with E-state index in [9.17, 15) is 14.4 Å². The summed E-state index contributed by atoms with van der Waals surface area (Å²) in [6.45, 7) is 6.43. The van der Waals surface area contributed by atoms with Crippen LogP contribution in [0.4, 0.5) is 0 Å². The van der Waals surface area contributed by atoms with Crippen molar-refractivity contribution < 1.29 is 28.6 Å². The van der Waals surface area contributed by atoms with Crippen LogP contribution in [-0.4, -0.2) is 37.2 Å². The largest absolute Gasteiger partial charge is 0.462 e. The summed E-state index contributed by atoms with van der Waals surface area (Å²) in [5.74, 6) is -0.990. The van der Waals surface area contributed by atoms with Gasteiger partial charge < -0.3 is 14.2 Å². The van der Waals surface area contributed by atoms with Crippen molar-refractivity contribution in [2.45, 2.75) is 252 Å². The van der Waals surface area contributed by atoms with E-state index in [2.05, 4.69) is 130 Å². The molecule has 0 amide bonds. The highest BCUT2D eigenvalue weighted by Crippen LogP contribution is 2.13. The molecule has 0 saturated heterocycles. The van der Waals surface area contributed by atoms with E-state index in [4.69, 9.17) is 14.2 Å². The molecule has 1 unspecified atom stereocenters. The third-order valence-electron chi connectivity index (χ3n) is 11.6. The molecule has 6 nitrogen and oxygen atoms in total. The van der Waals surface area contributed by atoms with Crippen LogP contribution in [0.3, 0.4) is 0 Å². The molecule has 0 aliphatic carbocycles. The molecule has 0 aromatic carbocycles. The van der Waals surface area contributed by atoms with Gasteiger partial charge in [-0.05, 0) is 109 Å². The minimum absolute atomic E-state index is 0.112. The molecule has 0 fully saturated rings. The van der Waals surface area contributed by atoms with Crippen LogP contribution in [0.5, 0.6) is 0 Å². The SMILES string of the molecule is CC/C=C\C/C=C\C/C=C\C/C=C\CCCCCC(=O)OC(COC(=O)CCCCC/C=C\C=C/CCCCCCCCC)COC(=O)CCCCCCC\C=C/C=C\C=C/CCCCCCC.